The van der Waals surface area contributed by atoms with Gasteiger partial charge in [0.15, 0.2) is 0 Å². The van der Waals surface area contributed by atoms with Gasteiger partial charge in [0.2, 0.25) is 0 Å². The predicted molar refractivity (Wildman–Crippen MR) is 65.2 cm³/mol. The van der Waals surface area contributed by atoms with Crippen molar-refractivity contribution in [3.8, 4) is 0 Å². The Morgan fingerprint density at radius 1 is 1.47 bits per heavy atom. The molecule has 0 aromatic carbocycles. The lowest BCUT2D eigenvalue weighted by Gasteiger charge is -2.11. The van der Waals surface area contributed by atoms with Crippen molar-refractivity contribution in [3.63, 3.8) is 0 Å². The van der Waals surface area contributed by atoms with Gasteiger partial charge >= 0.3 is 0 Å². The van der Waals surface area contributed by atoms with Gasteiger partial charge in [-0.3, -0.25) is 0 Å². The topological polar surface area (TPSA) is 26.0 Å². The highest BCUT2D eigenvalue weighted by Crippen LogP contribution is 2.23. The van der Waals surface area contributed by atoms with E-state index in [2.05, 4.69) is 43.4 Å². The molecule has 2 aliphatic rings. The first-order valence-corrected chi connectivity index (χ1v) is 5.46. The zero-order chi connectivity index (χ0) is 10.7. The molecule has 1 heteroatoms. The Kier molecular flexibility index (Phi) is 2.91. The maximum absolute atomic E-state index is 5.84. The van der Waals surface area contributed by atoms with Crippen LogP contribution in [0, 0.1) is 0 Å². The fourth-order valence-electron chi connectivity index (χ4n) is 1.93. The predicted octanol–water partition coefficient (Wildman–Crippen LogP) is 3.38. The monoisotopic (exact) mass is 199 g/mol. The van der Waals surface area contributed by atoms with Crippen LogP contribution in [0.25, 0.3) is 0 Å². The number of allylic oxidation sites excluding steroid dienone is 10. The highest BCUT2D eigenvalue weighted by atomic mass is 14.6. The van der Waals surface area contributed by atoms with E-state index in [-0.39, 0.29) is 0 Å². The Morgan fingerprint density at radius 3 is 3.00 bits per heavy atom. The van der Waals surface area contributed by atoms with Gasteiger partial charge in [-0.2, -0.15) is 0 Å². The van der Waals surface area contributed by atoms with Crippen LogP contribution < -0.4 is 5.73 Å². The molecule has 0 bridgehead atoms. The van der Waals surface area contributed by atoms with Gasteiger partial charge in [0.25, 0.3) is 0 Å². The molecule has 2 aliphatic carbocycles. The average Bonchev–Trinajstić information content (AvgIpc) is 2.70. The molecule has 0 heterocycles. The number of hydrogen-bond acceptors (Lipinski definition) is 1. The lowest BCUT2D eigenvalue weighted by Crippen LogP contribution is -2.02. The first kappa shape index (κ1) is 10.0. The summed E-state index contributed by atoms with van der Waals surface area (Å²) >= 11 is 0. The molecular weight excluding hydrogens is 182 g/mol. The van der Waals surface area contributed by atoms with E-state index in [1.54, 1.807) is 0 Å². The lowest BCUT2D eigenvalue weighted by atomic mass is 9.97. The minimum Gasteiger partial charge on any atom is -0.402 e. The minimum absolute atomic E-state index is 0.999. The van der Waals surface area contributed by atoms with Crippen molar-refractivity contribution < 1.29 is 0 Å². The van der Waals surface area contributed by atoms with E-state index < -0.39 is 0 Å². The van der Waals surface area contributed by atoms with Gasteiger partial charge in [0, 0.05) is 5.70 Å². The fraction of sp³-hybridized carbons (Fsp3) is 0.286. The zero-order valence-electron chi connectivity index (χ0n) is 9.16. The third-order valence-electron chi connectivity index (χ3n) is 2.80. The number of rotatable bonds is 2. The minimum atomic E-state index is 0.999. The maximum Gasteiger partial charge on any atom is 0.00895 e. The van der Waals surface area contributed by atoms with Crippen molar-refractivity contribution in [2.45, 2.75) is 26.2 Å². The van der Waals surface area contributed by atoms with E-state index in [1.165, 1.54) is 16.7 Å². The van der Waals surface area contributed by atoms with Gasteiger partial charge in [-0.15, -0.1) is 0 Å². The quantitative estimate of drug-likeness (QED) is 0.725. The van der Waals surface area contributed by atoms with E-state index in [1.807, 2.05) is 0 Å². The van der Waals surface area contributed by atoms with Gasteiger partial charge in [0.1, 0.15) is 0 Å². The molecule has 2 rings (SSSR count). The molecule has 0 amide bonds. The van der Waals surface area contributed by atoms with Crippen LogP contribution in [-0.4, -0.2) is 0 Å². The second-order valence-corrected chi connectivity index (χ2v) is 4.12. The fourth-order valence-corrected chi connectivity index (χ4v) is 1.93. The van der Waals surface area contributed by atoms with Crippen molar-refractivity contribution in [2.75, 3.05) is 0 Å². The van der Waals surface area contributed by atoms with Crippen molar-refractivity contribution in [1.82, 2.24) is 0 Å². The Labute approximate surface area is 91.4 Å². The lowest BCUT2D eigenvalue weighted by molar-refractivity contribution is 0.930. The van der Waals surface area contributed by atoms with Crippen molar-refractivity contribution in [2.24, 2.45) is 5.73 Å². The summed E-state index contributed by atoms with van der Waals surface area (Å²) in [6.45, 7) is 2.15. The summed E-state index contributed by atoms with van der Waals surface area (Å²) in [5.41, 5.74) is 10.8. The van der Waals surface area contributed by atoms with E-state index in [4.69, 9.17) is 5.73 Å². The van der Waals surface area contributed by atoms with Gasteiger partial charge in [-0.05, 0) is 49.0 Å². The van der Waals surface area contributed by atoms with E-state index in [0.717, 1.165) is 25.0 Å². The van der Waals surface area contributed by atoms with Gasteiger partial charge < -0.3 is 5.73 Å². The molecule has 0 aromatic rings. The second kappa shape index (κ2) is 4.35. The normalized spacial score (nSPS) is 21.1. The molecule has 0 unspecified atom stereocenters. The molecule has 0 aliphatic heterocycles. The smallest absolute Gasteiger partial charge is 0.00895 e. The zero-order valence-corrected chi connectivity index (χ0v) is 9.16. The second-order valence-electron chi connectivity index (χ2n) is 4.12. The molecule has 2 N–H and O–H groups in total. The standard InChI is InChI=1S/C14H17N/c1-11(9-12-5-2-3-6-12)13-7-4-8-14(15)10-13/h2-3,5,7,9-10H,4,6,8,15H2,1H3/b11-9+. The van der Waals surface area contributed by atoms with Crippen LogP contribution in [0.15, 0.2) is 58.9 Å². The molecule has 0 radical (unpaired) electrons. The van der Waals surface area contributed by atoms with Crippen LogP contribution in [0.5, 0.6) is 0 Å². The SMILES string of the molecule is C/C(=C\C1=CC=CC1)C1=CCCC(N)=C1. The maximum atomic E-state index is 5.84. The number of nitrogens with two attached hydrogens (primary N) is 1. The summed E-state index contributed by atoms with van der Waals surface area (Å²) in [5.74, 6) is 0. The third-order valence-corrected chi connectivity index (χ3v) is 2.80. The van der Waals surface area contributed by atoms with E-state index in [0.29, 0.717) is 0 Å². The highest BCUT2D eigenvalue weighted by Gasteiger charge is 2.05. The van der Waals surface area contributed by atoms with Crippen molar-refractivity contribution in [1.29, 1.82) is 0 Å². The van der Waals surface area contributed by atoms with Crippen LogP contribution in [-0.2, 0) is 0 Å². The van der Waals surface area contributed by atoms with Crippen LogP contribution in [0.1, 0.15) is 26.2 Å². The van der Waals surface area contributed by atoms with Crippen LogP contribution >= 0.6 is 0 Å². The van der Waals surface area contributed by atoms with Gasteiger partial charge in [-0.1, -0.05) is 30.4 Å². The molecule has 1 nitrogen and oxygen atoms in total. The first-order chi connectivity index (χ1) is 7.25. The highest BCUT2D eigenvalue weighted by molar-refractivity contribution is 5.46. The summed E-state index contributed by atoms with van der Waals surface area (Å²) in [7, 11) is 0. The Balaban J connectivity index is 2.14. The van der Waals surface area contributed by atoms with Gasteiger partial charge in [0.05, 0.1) is 0 Å². The summed E-state index contributed by atoms with van der Waals surface area (Å²) in [4.78, 5) is 0. The molecular formula is C14H17N. The molecule has 0 saturated heterocycles. The van der Waals surface area contributed by atoms with Crippen molar-refractivity contribution in [3.05, 3.63) is 58.9 Å². The Bertz CT molecular complexity index is 403. The molecule has 0 aromatic heterocycles. The molecule has 0 saturated carbocycles. The average molecular weight is 199 g/mol. The third kappa shape index (κ3) is 2.50. The van der Waals surface area contributed by atoms with Gasteiger partial charge in [-0.25, -0.2) is 0 Å². The first-order valence-electron chi connectivity index (χ1n) is 5.46. The van der Waals surface area contributed by atoms with Crippen LogP contribution in [0.4, 0.5) is 0 Å². The molecule has 78 valence electrons. The molecule has 0 fully saturated rings. The largest absolute Gasteiger partial charge is 0.402 e. The summed E-state index contributed by atoms with van der Waals surface area (Å²) < 4.78 is 0. The summed E-state index contributed by atoms with van der Waals surface area (Å²) in [6, 6.07) is 0. The Morgan fingerprint density at radius 2 is 2.33 bits per heavy atom. The van der Waals surface area contributed by atoms with Crippen molar-refractivity contribution >= 4 is 0 Å². The summed E-state index contributed by atoms with van der Waals surface area (Å²) in [5, 5.41) is 0. The van der Waals surface area contributed by atoms with Crippen LogP contribution in [0.2, 0.25) is 0 Å². The number of hydrogen-bond donors (Lipinski definition) is 1. The molecule has 15 heavy (non-hydrogen) atoms. The molecule has 0 spiro atoms. The van der Waals surface area contributed by atoms with Crippen LogP contribution in [0.3, 0.4) is 0 Å². The van der Waals surface area contributed by atoms with E-state index in [9.17, 15) is 0 Å². The van der Waals surface area contributed by atoms with E-state index >= 15 is 0 Å². The molecule has 0 atom stereocenters. The Hall–Kier alpha value is -1.50. The summed E-state index contributed by atoms with van der Waals surface area (Å²) in [6.07, 6.45) is 16.2.